The van der Waals surface area contributed by atoms with Gasteiger partial charge in [0.15, 0.2) is 0 Å². The number of benzene rings is 1. The summed E-state index contributed by atoms with van der Waals surface area (Å²) in [5.41, 5.74) is 1.09. The quantitative estimate of drug-likeness (QED) is 0.398. The number of fused-ring (bicyclic) bond motifs is 1. The van der Waals surface area contributed by atoms with E-state index < -0.39 is 11.9 Å². The Hall–Kier alpha value is -3.00. The molecule has 3 aromatic rings. The van der Waals surface area contributed by atoms with E-state index in [1.54, 1.807) is 37.4 Å². The molecule has 0 atom stereocenters. The number of unbranched alkanes of at least 4 members (excludes halogenated alkanes) is 1. The standard InChI is InChI=1S/C22H24N2O5S/c1-4-5-9-28-22(27)17-12-30-19-18(17)20(25)24(13-23-19)11-15-7-6-8-16(10-15)21(26)29-14(2)3/h6-8,10,12-14H,4-5,9,11H2,1-3H3. The van der Waals surface area contributed by atoms with Crippen LogP contribution in [0.2, 0.25) is 0 Å². The van der Waals surface area contributed by atoms with Crippen molar-refractivity contribution in [2.24, 2.45) is 0 Å². The van der Waals surface area contributed by atoms with E-state index in [1.165, 1.54) is 22.2 Å². The van der Waals surface area contributed by atoms with Gasteiger partial charge in [-0.3, -0.25) is 9.36 Å². The Morgan fingerprint density at radius 3 is 2.77 bits per heavy atom. The zero-order valence-electron chi connectivity index (χ0n) is 17.2. The number of hydrogen-bond acceptors (Lipinski definition) is 7. The first-order valence-electron chi connectivity index (χ1n) is 9.84. The first-order valence-corrected chi connectivity index (χ1v) is 10.7. The van der Waals surface area contributed by atoms with E-state index in [0.29, 0.717) is 17.0 Å². The molecule has 2 aromatic heterocycles. The molecule has 0 N–H and O–H groups in total. The van der Waals surface area contributed by atoms with Crippen molar-refractivity contribution >= 4 is 33.5 Å². The van der Waals surface area contributed by atoms with Gasteiger partial charge in [0.2, 0.25) is 0 Å². The summed E-state index contributed by atoms with van der Waals surface area (Å²) in [6.07, 6.45) is 2.92. The lowest BCUT2D eigenvalue weighted by atomic mass is 10.1. The van der Waals surface area contributed by atoms with Crippen LogP contribution in [0.15, 0.2) is 40.8 Å². The van der Waals surface area contributed by atoms with E-state index in [1.807, 2.05) is 13.0 Å². The minimum absolute atomic E-state index is 0.213. The van der Waals surface area contributed by atoms with Gasteiger partial charge in [0.1, 0.15) is 4.83 Å². The average Bonchev–Trinajstić information content (AvgIpc) is 3.15. The number of nitrogens with zero attached hydrogens (tertiary/aromatic N) is 2. The fourth-order valence-corrected chi connectivity index (χ4v) is 3.76. The molecular weight excluding hydrogens is 404 g/mol. The molecule has 158 valence electrons. The number of esters is 2. The molecule has 3 rings (SSSR count). The van der Waals surface area contributed by atoms with Gasteiger partial charge in [-0.15, -0.1) is 11.3 Å². The molecule has 0 amide bonds. The van der Waals surface area contributed by atoms with Crippen LogP contribution in [0, 0.1) is 0 Å². The first kappa shape index (κ1) is 21.7. The summed E-state index contributed by atoms with van der Waals surface area (Å²) in [7, 11) is 0. The van der Waals surface area contributed by atoms with Crippen LogP contribution in [0.5, 0.6) is 0 Å². The van der Waals surface area contributed by atoms with Gasteiger partial charge in [-0.05, 0) is 38.0 Å². The second-order valence-electron chi connectivity index (χ2n) is 7.15. The number of rotatable bonds is 8. The molecule has 7 nitrogen and oxygen atoms in total. The molecule has 0 radical (unpaired) electrons. The molecule has 2 heterocycles. The van der Waals surface area contributed by atoms with Crippen LogP contribution in [-0.2, 0) is 16.0 Å². The van der Waals surface area contributed by atoms with Crippen molar-refractivity contribution in [3.63, 3.8) is 0 Å². The van der Waals surface area contributed by atoms with E-state index in [9.17, 15) is 14.4 Å². The van der Waals surface area contributed by atoms with Crippen molar-refractivity contribution < 1.29 is 19.1 Å². The van der Waals surface area contributed by atoms with Gasteiger partial charge in [0, 0.05) is 5.38 Å². The molecule has 0 saturated carbocycles. The Morgan fingerprint density at radius 2 is 2.03 bits per heavy atom. The predicted molar refractivity (Wildman–Crippen MR) is 115 cm³/mol. The summed E-state index contributed by atoms with van der Waals surface area (Å²) >= 11 is 1.24. The molecule has 0 unspecified atom stereocenters. The highest BCUT2D eigenvalue weighted by Crippen LogP contribution is 2.22. The Kier molecular flexibility index (Phi) is 6.99. The van der Waals surface area contributed by atoms with E-state index in [0.717, 1.165) is 18.4 Å². The van der Waals surface area contributed by atoms with Gasteiger partial charge in [-0.25, -0.2) is 14.6 Å². The zero-order valence-corrected chi connectivity index (χ0v) is 18.0. The lowest BCUT2D eigenvalue weighted by Crippen LogP contribution is -2.22. The van der Waals surface area contributed by atoms with Crippen LogP contribution in [0.25, 0.3) is 10.2 Å². The summed E-state index contributed by atoms with van der Waals surface area (Å²) in [6, 6.07) is 6.91. The molecule has 0 aliphatic rings. The molecule has 30 heavy (non-hydrogen) atoms. The highest BCUT2D eigenvalue weighted by atomic mass is 32.1. The third-order valence-corrected chi connectivity index (χ3v) is 5.26. The molecule has 8 heteroatoms. The normalized spacial score (nSPS) is 11.1. The second kappa shape index (κ2) is 9.67. The minimum atomic E-state index is -0.509. The molecule has 0 aliphatic heterocycles. The Bertz CT molecular complexity index is 1120. The lowest BCUT2D eigenvalue weighted by molar-refractivity contribution is 0.0377. The number of thiophene rings is 1. The van der Waals surface area contributed by atoms with Gasteiger partial charge < -0.3 is 9.47 Å². The highest BCUT2D eigenvalue weighted by Gasteiger charge is 2.19. The van der Waals surface area contributed by atoms with Crippen molar-refractivity contribution in [1.82, 2.24) is 9.55 Å². The van der Waals surface area contributed by atoms with E-state index in [4.69, 9.17) is 9.47 Å². The zero-order chi connectivity index (χ0) is 21.7. The van der Waals surface area contributed by atoms with E-state index in [-0.39, 0.29) is 29.2 Å². The van der Waals surface area contributed by atoms with Gasteiger partial charge in [-0.1, -0.05) is 25.5 Å². The van der Waals surface area contributed by atoms with Crippen LogP contribution in [0.1, 0.15) is 59.9 Å². The molecule has 1 aromatic carbocycles. The van der Waals surface area contributed by atoms with Gasteiger partial charge in [0.05, 0.1) is 42.1 Å². The Labute approximate surface area is 178 Å². The molecule has 0 fully saturated rings. The van der Waals surface area contributed by atoms with Crippen molar-refractivity contribution in [3.05, 3.63) is 63.0 Å². The second-order valence-corrected chi connectivity index (χ2v) is 8.01. The molecular formula is C22H24N2O5S. The fourth-order valence-electron chi connectivity index (χ4n) is 2.89. The highest BCUT2D eigenvalue weighted by molar-refractivity contribution is 7.17. The topological polar surface area (TPSA) is 87.5 Å². The number of carbonyl (C=O) groups is 2. The minimum Gasteiger partial charge on any atom is -0.462 e. The number of carbonyl (C=O) groups excluding carboxylic acids is 2. The van der Waals surface area contributed by atoms with Crippen LogP contribution >= 0.6 is 11.3 Å². The summed E-state index contributed by atoms with van der Waals surface area (Å²) in [5.74, 6) is -0.924. The monoisotopic (exact) mass is 428 g/mol. The largest absolute Gasteiger partial charge is 0.462 e. The smallest absolute Gasteiger partial charge is 0.339 e. The Balaban J connectivity index is 1.88. The van der Waals surface area contributed by atoms with Crippen LogP contribution in [0.4, 0.5) is 0 Å². The SMILES string of the molecule is CCCCOC(=O)c1csc2ncn(Cc3cccc(C(=O)OC(C)C)c3)c(=O)c12. The third kappa shape index (κ3) is 4.94. The molecule has 0 aliphatic carbocycles. The summed E-state index contributed by atoms with van der Waals surface area (Å²) in [6.45, 7) is 6.11. The van der Waals surface area contributed by atoms with Crippen molar-refractivity contribution in [3.8, 4) is 0 Å². The maximum atomic E-state index is 13.0. The maximum Gasteiger partial charge on any atom is 0.339 e. The van der Waals surface area contributed by atoms with Gasteiger partial charge in [0.25, 0.3) is 5.56 Å². The first-order chi connectivity index (χ1) is 14.4. The van der Waals surface area contributed by atoms with Gasteiger partial charge in [-0.2, -0.15) is 0 Å². The van der Waals surface area contributed by atoms with Crippen molar-refractivity contribution in [1.29, 1.82) is 0 Å². The summed E-state index contributed by atoms with van der Waals surface area (Å²) in [4.78, 5) is 42.4. The summed E-state index contributed by atoms with van der Waals surface area (Å²) in [5, 5.41) is 1.87. The van der Waals surface area contributed by atoms with E-state index in [2.05, 4.69) is 4.98 Å². The third-order valence-electron chi connectivity index (χ3n) is 4.37. The lowest BCUT2D eigenvalue weighted by Gasteiger charge is -2.10. The maximum absolute atomic E-state index is 13.0. The molecule has 0 bridgehead atoms. The Morgan fingerprint density at radius 1 is 1.23 bits per heavy atom. The predicted octanol–water partition coefficient (Wildman–Crippen LogP) is 4.03. The molecule has 0 spiro atoms. The number of hydrogen-bond donors (Lipinski definition) is 0. The number of ether oxygens (including phenoxy) is 2. The van der Waals surface area contributed by atoms with Crippen molar-refractivity contribution in [2.75, 3.05) is 6.61 Å². The van der Waals surface area contributed by atoms with Crippen LogP contribution in [-0.4, -0.2) is 34.2 Å². The van der Waals surface area contributed by atoms with E-state index >= 15 is 0 Å². The van der Waals surface area contributed by atoms with Crippen molar-refractivity contribution in [2.45, 2.75) is 46.3 Å². The average molecular weight is 429 g/mol. The summed E-state index contributed by atoms with van der Waals surface area (Å²) < 4.78 is 11.9. The fraction of sp³-hybridized carbons (Fsp3) is 0.364. The van der Waals surface area contributed by atoms with Gasteiger partial charge >= 0.3 is 11.9 Å². The number of aromatic nitrogens is 2. The van der Waals surface area contributed by atoms with Crippen LogP contribution in [0.3, 0.4) is 0 Å². The molecule has 0 saturated heterocycles. The van der Waals surface area contributed by atoms with Crippen LogP contribution < -0.4 is 5.56 Å².